The van der Waals surface area contributed by atoms with E-state index < -0.39 is 0 Å². The first-order valence-electron chi connectivity index (χ1n) is 10.0. The van der Waals surface area contributed by atoms with E-state index in [-0.39, 0.29) is 5.54 Å². The quantitative estimate of drug-likeness (QED) is 0.552. The van der Waals surface area contributed by atoms with Gasteiger partial charge in [0.25, 0.3) is 0 Å². The molecule has 0 saturated carbocycles. The SMILES string of the molecule is CCNC(=NCC(C)(C)N1CCCCC1)NCC1CCN(CC)C1. The molecule has 0 aliphatic carbocycles. The lowest BCUT2D eigenvalue weighted by atomic mass is 9.99. The minimum absolute atomic E-state index is 0.148. The van der Waals surface area contributed by atoms with Gasteiger partial charge in [-0.25, -0.2) is 0 Å². The fraction of sp³-hybridized carbons (Fsp3) is 0.947. The molecule has 2 aliphatic rings. The number of likely N-dealkylation sites (tertiary alicyclic amines) is 2. The normalized spacial score (nSPS) is 24.3. The van der Waals surface area contributed by atoms with Crippen molar-refractivity contribution in [3.63, 3.8) is 0 Å². The van der Waals surface area contributed by atoms with Gasteiger partial charge in [0.05, 0.1) is 6.54 Å². The Balaban J connectivity index is 1.83. The lowest BCUT2D eigenvalue weighted by Crippen LogP contribution is -2.49. The molecule has 0 aromatic carbocycles. The smallest absolute Gasteiger partial charge is 0.191 e. The van der Waals surface area contributed by atoms with Gasteiger partial charge in [-0.2, -0.15) is 0 Å². The monoisotopic (exact) mass is 337 g/mol. The average Bonchev–Trinajstić information content (AvgIpc) is 3.06. The van der Waals surface area contributed by atoms with Crippen LogP contribution in [-0.2, 0) is 0 Å². The highest BCUT2D eigenvalue weighted by Crippen LogP contribution is 2.20. The summed E-state index contributed by atoms with van der Waals surface area (Å²) in [6.07, 6.45) is 5.36. The van der Waals surface area contributed by atoms with Gasteiger partial charge in [-0.3, -0.25) is 9.89 Å². The van der Waals surface area contributed by atoms with Crippen LogP contribution in [-0.4, -0.2) is 73.7 Å². The van der Waals surface area contributed by atoms with Crippen molar-refractivity contribution < 1.29 is 0 Å². The molecule has 0 bridgehead atoms. The molecular formula is C19H39N5. The number of hydrogen-bond acceptors (Lipinski definition) is 3. The topological polar surface area (TPSA) is 42.9 Å². The van der Waals surface area contributed by atoms with Gasteiger partial charge >= 0.3 is 0 Å². The van der Waals surface area contributed by atoms with E-state index in [2.05, 4.69) is 48.1 Å². The van der Waals surface area contributed by atoms with Crippen molar-refractivity contribution in [1.82, 2.24) is 20.4 Å². The fourth-order valence-corrected chi connectivity index (χ4v) is 3.82. The van der Waals surface area contributed by atoms with Crippen LogP contribution in [0.1, 0.15) is 53.4 Å². The van der Waals surface area contributed by atoms with Crippen molar-refractivity contribution >= 4 is 5.96 Å². The predicted molar refractivity (Wildman–Crippen MR) is 104 cm³/mol. The van der Waals surface area contributed by atoms with Gasteiger partial charge in [0, 0.05) is 25.2 Å². The number of hydrogen-bond donors (Lipinski definition) is 2. The molecule has 1 atom stereocenters. The Labute approximate surface area is 149 Å². The summed E-state index contributed by atoms with van der Waals surface area (Å²) in [5.41, 5.74) is 0.148. The predicted octanol–water partition coefficient (Wildman–Crippen LogP) is 2.15. The molecule has 2 saturated heterocycles. The molecule has 2 rings (SSSR count). The first-order chi connectivity index (χ1) is 11.5. The third-order valence-electron chi connectivity index (χ3n) is 5.56. The molecular weight excluding hydrogens is 298 g/mol. The molecule has 5 heteroatoms. The summed E-state index contributed by atoms with van der Waals surface area (Å²) in [6, 6.07) is 0. The van der Waals surface area contributed by atoms with Crippen LogP contribution in [0.4, 0.5) is 0 Å². The Morgan fingerprint density at radius 2 is 1.83 bits per heavy atom. The second kappa shape index (κ2) is 9.62. The maximum atomic E-state index is 4.90. The molecule has 0 aromatic heterocycles. The molecule has 5 nitrogen and oxygen atoms in total. The summed E-state index contributed by atoms with van der Waals surface area (Å²) in [6.45, 7) is 18.0. The molecule has 24 heavy (non-hydrogen) atoms. The summed E-state index contributed by atoms with van der Waals surface area (Å²) in [7, 11) is 0. The van der Waals surface area contributed by atoms with Gasteiger partial charge in [0.15, 0.2) is 5.96 Å². The minimum atomic E-state index is 0.148. The number of nitrogens with zero attached hydrogens (tertiary/aromatic N) is 3. The number of aliphatic imine (C=N–C) groups is 1. The summed E-state index contributed by atoms with van der Waals surface area (Å²) >= 11 is 0. The number of guanidine groups is 1. The largest absolute Gasteiger partial charge is 0.357 e. The second-order valence-corrected chi connectivity index (χ2v) is 7.98. The fourth-order valence-electron chi connectivity index (χ4n) is 3.82. The van der Waals surface area contributed by atoms with Gasteiger partial charge in [-0.15, -0.1) is 0 Å². The number of piperidine rings is 1. The molecule has 140 valence electrons. The van der Waals surface area contributed by atoms with E-state index in [4.69, 9.17) is 4.99 Å². The average molecular weight is 338 g/mol. The standard InChI is InChI=1S/C19H39N5/c1-5-20-18(21-14-17-10-13-23(6-2)15-17)22-16-19(3,4)24-11-8-7-9-12-24/h17H,5-16H2,1-4H3,(H2,20,21,22). The molecule has 2 aliphatic heterocycles. The summed E-state index contributed by atoms with van der Waals surface area (Å²) < 4.78 is 0. The van der Waals surface area contributed by atoms with Crippen LogP contribution in [0, 0.1) is 5.92 Å². The molecule has 2 fully saturated rings. The van der Waals surface area contributed by atoms with E-state index in [1.54, 1.807) is 0 Å². The maximum Gasteiger partial charge on any atom is 0.191 e. The molecule has 0 aromatic rings. The molecule has 0 radical (unpaired) electrons. The van der Waals surface area contributed by atoms with Crippen molar-refractivity contribution in [3.05, 3.63) is 0 Å². The summed E-state index contributed by atoms with van der Waals surface area (Å²) in [5, 5.41) is 6.99. The molecule has 2 N–H and O–H groups in total. The lowest BCUT2D eigenvalue weighted by molar-refractivity contribution is 0.102. The van der Waals surface area contributed by atoms with Gasteiger partial charge in [0.2, 0.25) is 0 Å². The van der Waals surface area contributed by atoms with Crippen molar-refractivity contribution in [3.8, 4) is 0 Å². The molecule has 2 heterocycles. The minimum Gasteiger partial charge on any atom is -0.357 e. The zero-order valence-electron chi connectivity index (χ0n) is 16.4. The van der Waals surface area contributed by atoms with Gasteiger partial charge in [-0.05, 0) is 72.1 Å². The van der Waals surface area contributed by atoms with Crippen molar-refractivity contribution in [2.45, 2.75) is 58.9 Å². The first kappa shape index (κ1) is 19.5. The van der Waals surface area contributed by atoms with E-state index >= 15 is 0 Å². The van der Waals surface area contributed by atoms with Crippen molar-refractivity contribution in [2.24, 2.45) is 10.9 Å². The Bertz CT molecular complexity index is 387. The summed E-state index contributed by atoms with van der Waals surface area (Å²) in [4.78, 5) is 10.0. The maximum absolute atomic E-state index is 4.90. The summed E-state index contributed by atoms with van der Waals surface area (Å²) in [5.74, 6) is 1.74. The highest BCUT2D eigenvalue weighted by Gasteiger charge is 2.28. The van der Waals surface area contributed by atoms with Crippen LogP contribution < -0.4 is 10.6 Å². The molecule has 0 spiro atoms. The van der Waals surface area contributed by atoms with E-state index in [0.717, 1.165) is 31.5 Å². The van der Waals surface area contributed by atoms with Crippen LogP contribution in [0.25, 0.3) is 0 Å². The van der Waals surface area contributed by atoms with Crippen LogP contribution in [0.5, 0.6) is 0 Å². The Morgan fingerprint density at radius 3 is 2.46 bits per heavy atom. The Morgan fingerprint density at radius 1 is 1.08 bits per heavy atom. The molecule has 0 amide bonds. The number of rotatable bonds is 7. The van der Waals surface area contributed by atoms with E-state index in [0.29, 0.717) is 0 Å². The van der Waals surface area contributed by atoms with Crippen LogP contribution in [0.15, 0.2) is 4.99 Å². The van der Waals surface area contributed by atoms with Crippen molar-refractivity contribution in [1.29, 1.82) is 0 Å². The Kier molecular flexibility index (Phi) is 7.82. The third-order valence-corrected chi connectivity index (χ3v) is 5.56. The zero-order chi connectivity index (χ0) is 17.4. The highest BCUT2D eigenvalue weighted by atomic mass is 15.2. The lowest BCUT2D eigenvalue weighted by Gasteiger charge is -2.40. The highest BCUT2D eigenvalue weighted by molar-refractivity contribution is 5.79. The van der Waals surface area contributed by atoms with E-state index in [9.17, 15) is 0 Å². The van der Waals surface area contributed by atoms with Crippen molar-refractivity contribution in [2.75, 3.05) is 52.4 Å². The molecule has 1 unspecified atom stereocenters. The van der Waals surface area contributed by atoms with E-state index in [1.165, 1.54) is 58.4 Å². The zero-order valence-corrected chi connectivity index (χ0v) is 16.4. The van der Waals surface area contributed by atoms with Gasteiger partial charge in [-0.1, -0.05) is 13.3 Å². The van der Waals surface area contributed by atoms with Crippen LogP contribution >= 0.6 is 0 Å². The van der Waals surface area contributed by atoms with E-state index in [1.807, 2.05) is 0 Å². The second-order valence-electron chi connectivity index (χ2n) is 7.98. The number of nitrogens with one attached hydrogen (secondary N) is 2. The van der Waals surface area contributed by atoms with Crippen LogP contribution in [0.2, 0.25) is 0 Å². The van der Waals surface area contributed by atoms with Gasteiger partial charge in [0.1, 0.15) is 0 Å². The van der Waals surface area contributed by atoms with Gasteiger partial charge < -0.3 is 15.5 Å². The van der Waals surface area contributed by atoms with Crippen LogP contribution in [0.3, 0.4) is 0 Å². The Hall–Kier alpha value is -0.810. The third kappa shape index (κ3) is 5.92. The first-order valence-corrected chi connectivity index (χ1v) is 10.0.